The second-order valence-electron chi connectivity index (χ2n) is 4.54. The van der Waals surface area contributed by atoms with E-state index >= 15 is 0 Å². The van der Waals surface area contributed by atoms with Gasteiger partial charge in [0.05, 0.1) is 18.2 Å². The quantitative estimate of drug-likeness (QED) is 0.841. The van der Waals surface area contributed by atoms with Gasteiger partial charge in [0.25, 0.3) is 5.91 Å². The lowest BCUT2D eigenvalue weighted by molar-refractivity contribution is 0.0489. The van der Waals surface area contributed by atoms with Gasteiger partial charge in [0.1, 0.15) is 5.69 Å². The zero-order valence-electron chi connectivity index (χ0n) is 10.5. The number of pyridine rings is 1. The lowest BCUT2D eigenvalue weighted by Gasteiger charge is -2.34. The molecule has 102 valence electrons. The fraction of sp³-hybridized carbons (Fsp3) is 0.462. The van der Waals surface area contributed by atoms with Crippen molar-refractivity contribution in [2.75, 3.05) is 13.2 Å². The van der Waals surface area contributed by atoms with Crippen molar-refractivity contribution in [1.82, 2.24) is 9.88 Å². The van der Waals surface area contributed by atoms with Crippen LogP contribution in [0.25, 0.3) is 0 Å². The van der Waals surface area contributed by atoms with Crippen molar-refractivity contribution in [3.8, 4) is 0 Å². The van der Waals surface area contributed by atoms with E-state index in [1.165, 1.54) is 23.2 Å². The fourth-order valence-electron chi connectivity index (χ4n) is 2.34. The third-order valence-corrected chi connectivity index (χ3v) is 3.34. The van der Waals surface area contributed by atoms with Gasteiger partial charge in [-0.05, 0) is 31.4 Å². The smallest absolute Gasteiger partial charge is 0.338 e. The average molecular weight is 264 g/mol. The highest BCUT2D eigenvalue weighted by atomic mass is 16.4. The first-order valence-corrected chi connectivity index (χ1v) is 6.25. The Labute approximate surface area is 110 Å². The first-order chi connectivity index (χ1) is 9.15. The lowest BCUT2D eigenvalue weighted by Crippen LogP contribution is -2.46. The molecule has 1 saturated heterocycles. The Bertz CT molecular complexity index is 489. The highest BCUT2D eigenvalue weighted by Gasteiger charge is 2.30. The highest BCUT2D eigenvalue weighted by Crippen LogP contribution is 2.20. The van der Waals surface area contributed by atoms with Crippen LogP contribution in [0.1, 0.15) is 40.1 Å². The molecule has 0 spiro atoms. The SMILES string of the molecule is O=C(O)c1cccnc1C(=O)N1CCCCC1CO. The minimum atomic E-state index is -1.17. The summed E-state index contributed by atoms with van der Waals surface area (Å²) < 4.78 is 0. The Morgan fingerprint density at radius 3 is 2.89 bits per heavy atom. The molecule has 19 heavy (non-hydrogen) atoms. The van der Waals surface area contributed by atoms with Crippen molar-refractivity contribution in [2.45, 2.75) is 25.3 Å². The molecule has 0 aliphatic carbocycles. The van der Waals surface area contributed by atoms with Gasteiger partial charge in [0, 0.05) is 12.7 Å². The van der Waals surface area contributed by atoms with Crippen LogP contribution in [0.3, 0.4) is 0 Å². The van der Waals surface area contributed by atoms with E-state index in [-0.39, 0.29) is 23.9 Å². The monoisotopic (exact) mass is 264 g/mol. The molecular weight excluding hydrogens is 248 g/mol. The molecule has 0 bridgehead atoms. The van der Waals surface area contributed by atoms with Gasteiger partial charge in [-0.25, -0.2) is 4.79 Å². The maximum absolute atomic E-state index is 12.4. The van der Waals surface area contributed by atoms with E-state index in [9.17, 15) is 14.7 Å². The molecule has 1 atom stereocenters. The van der Waals surface area contributed by atoms with E-state index in [1.54, 1.807) is 0 Å². The van der Waals surface area contributed by atoms with E-state index in [4.69, 9.17) is 5.11 Å². The van der Waals surface area contributed by atoms with Crippen LogP contribution in [0.5, 0.6) is 0 Å². The van der Waals surface area contributed by atoms with Crippen LogP contribution < -0.4 is 0 Å². The van der Waals surface area contributed by atoms with E-state index in [0.29, 0.717) is 6.54 Å². The number of carboxylic acid groups (broad SMARTS) is 1. The number of aromatic nitrogens is 1. The first-order valence-electron chi connectivity index (χ1n) is 6.25. The van der Waals surface area contributed by atoms with Crippen molar-refractivity contribution in [2.24, 2.45) is 0 Å². The number of nitrogens with zero attached hydrogens (tertiary/aromatic N) is 2. The summed E-state index contributed by atoms with van der Waals surface area (Å²) in [5, 5.41) is 18.4. The number of amides is 1. The normalized spacial score (nSPS) is 19.2. The van der Waals surface area contributed by atoms with E-state index in [1.807, 2.05) is 0 Å². The Morgan fingerprint density at radius 1 is 1.42 bits per heavy atom. The number of rotatable bonds is 3. The molecule has 1 aromatic heterocycles. The number of aliphatic hydroxyl groups is 1. The summed E-state index contributed by atoms with van der Waals surface area (Å²) in [6.07, 6.45) is 3.95. The van der Waals surface area contributed by atoms with Gasteiger partial charge in [0.2, 0.25) is 0 Å². The molecule has 0 aromatic carbocycles. The fourth-order valence-corrected chi connectivity index (χ4v) is 2.34. The highest BCUT2D eigenvalue weighted by molar-refractivity contribution is 6.03. The van der Waals surface area contributed by atoms with Crippen LogP contribution in [-0.4, -0.2) is 51.2 Å². The zero-order chi connectivity index (χ0) is 13.8. The molecule has 2 N–H and O–H groups in total. The van der Waals surface area contributed by atoms with E-state index in [0.717, 1.165) is 19.3 Å². The predicted molar refractivity (Wildman–Crippen MR) is 67.0 cm³/mol. The van der Waals surface area contributed by atoms with Gasteiger partial charge >= 0.3 is 5.97 Å². The number of aliphatic hydroxyl groups excluding tert-OH is 1. The Morgan fingerprint density at radius 2 is 2.21 bits per heavy atom. The molecule has 1 unspecified atom stereocenters. The molecule has 6 heteroatoms. The largest absolute Gasteiger partial charge is 0.478 e. The van der Waals surface area contributed by atoms with Crippen LogP contribution in [0.2, 0.25) is 0 Å². The lowest BCUT2D eigenvalue weighted by atomic mass is 10.0. The number of hydrogen-bond acceptors (Lipinski definition) is 4. The van der Waals surface area contributed by atoms with E-state index < -0.39 is 11.9 Å². The summed E-state index contributed by atoms with van der Waals surface area (Å²) in [6, 6.07) is 2.60. The standard InChI is InChI=1S/C13H16N2O4/c16-8-9-4-1-2-7-15(9)12(17)11-10(13(18)19)5-3-6-14-11/h3,5-6,9,16H,1-2,4,7-8H2,(H,18,19). The number of carboxylic acids is 1. The van der Waals surface area contributed by atoms with Gasteiger partial charge in [-0.3, -0.25) is 9.78 Å². The molecule has 1 aromatic rings. The van der Waals surface area contributed by atoms with Gasteiger partial charge in [-0.2, -0.15) is 0 Å². The number of carbonyl (C=O) groups is 2. The van der Waals surface area contributed by atoms with Gasteiger partial charge in [-0.1, -0.05) is 0 Å². The average Bonchev–Trinajstić information content (AvgIpc) is 2.46. The zero-order valence-corrected chi connectivity index (χ0v) is 10.5. The number of carbonyl (C=O) groups excluding carboxylic acids is 1. The van der Waals surface area contributed by atoms with Crippen molar-refractivity contribution < 1.29 is 19.8 Å². The molecule has 2 heterocycles. The molecule has 1 amide bonds. The third kappa shape index (κ3) is 2.73. The Balaban J connectivity index is 2.30. The second-order valence-corrected chi connectivity index (χ2v) is 4.54. The molecule has 0 saturated carbocycles. The summed E-state index contributed by atoms with van der Waals surface area (Å²) in [7, 11) is 0. The van der Waals surface area contributed by atoms with Crippen LogP contribution in [-0.2, 0) is 0 Å². The summed E-state index contributed by atoms with van der Waals surface area (Å²) in [5.74, 6) is -1.59. The van der Waals surface area contributed by atoms with Crippen molar-refractivity contribution >= 4 is 11.9 Å². The maximum atomic E-state index is 12.4. The third-order valence-electron chi connectivity index (χ3n) is 3.34. The number of aromatic carboxylic acids is 1. The molecule has 2 rings (SSSR count). The van der Waals surface area contributed by atoms with Gasteiger partial charge in [-0.15, -0.1) is 0 Å². The summed E-state index contributed by atoms with van der Waals surface area (Å²) >= 11 is 0. The molecule has 0 radical (unpaired) electrons. The summed E-state index contributed by atoms with van der Waals surface area (Å²) in [4.78, 5) is 28.9. The number of hydrogen-bond donors (Lipinski definition) is 2. The predicted octanol–water partition coefficient (Wildman–Crippen LogP) is 0.767. The van der Waals surface area contributed by atoms with Crippen molar-refractivity contribution in [3.05, 3.63) is 29.6 Å². The minimum Gasteiger partial charge on any atom is -0.478 e. The first kappa shape index (κ1) is 13.5. The van der Waals surface area contributed by atoms with Crippen LogP contribution in [0.15, 0.2) is 18.3 Å². The van der Waals surface area contributed by atoms with Crippen molar-refractivity contribution in [1.29, 1.82) is 0 Å². The molecule has 1 aliphatic rings. The van der Waals surface area contributed by atoms with Crippen LogP contribution in [0.4, 0.5) is 0 Å². The van der Waals surface area contributed by atoms with Gasteiger partial charge in [0.15, 0.2) is 0 Å². The maximum Gasteiger partial charge on any atom is 0.338 e. The number of likely N-dealkylation sites (tertiary alicyclic amines) is 1. The molecular formula is C13H16N2O4. The van der Waals surface area contributed by atoms with Crippen molar-refractivity contribution in [3.63, 3.8) is 0 Å². The van der Waals surface area contributed by atoms with Crippen LogP contribution >= 0.6 is 0 Å². The summed E-state index contributed by atoms with van der Waals surface area (Å²) in [6.45, 7) is 0.417. The topological polar surface area (TPSA) is 90.7 Å². The second kappa shape index (κ2) is 5.79. The van der Waals surface area contributed by atoms with Crippen LogP contribution in [0, 0.1) is 0 Å². The Kier molecular flexibility index (Phi) is 4.11. The minimum absolute atomic E-state index is 0.0599. The number of piperidine rings is 1. The Hall–Kier alpha value is -1.95. The van der Waals surface area contributed by atoms with Gasteiger partial charge < -0.3 is 15.1 Å². The molecule has 1 aliphatic heterocycles. The molecule has 1 fully saturated rings. The van der Waals surface area contributed by atoms with E-state index in [2.05, 4.69) is 4.98 Å². The molecule has 6 nitrogen and oxygen atoms in total. The summed E-state index contributed by atoms with van der Waals surface area (Å²) in [5.41, 5.74) is -0.162.